The first-order chi connectivity index (χ1) is 10.3. The lowest BCUT2D eigenvalue weighted by atomic mass is 10.3. The normalized spacial score (nSPS) is 11.6. The van der Waals surface area contributed by atoms with Crippen LogP contribution in [0.2, 0.25) is 0 Å². The van der Waals surface area contributed by atoms with Gasteiger partial charge < -0.3 is 10.1 Å². The van der Waals surface area contributed by atoms with Gasteiger partial charge in [0.1, 0.15) is 0 Å². The molecule has 0 aliphatic carbocycles. The number of carbonyl (C=O) groups excluding carboxylic acids is 2. The van der Waals surface area contributed by atoms with Crippen LogP contribution in [-0.2, 0) is 24.3 Å². The van der Waals surface area contributed by atoms with Gasteiger partial charge in [0.2, 0.25) is 10.0 Å². The van der Waals surface area contributed by atoms with Gasteiger partial charge in [0.15, 0.2) is 6.61 Å². The highest BCUT2D eigenvalue weighted by molar-refractivity contribution is 7.89. The van der Waals surface area contributed by atoms with Crippen LogP contribution in [0.4, 0.5) is 5.69 Å². The van der Waals surface area contributed by atoms with E-state index in [9.17, 15) is 18.0 Å². The molecule has 0 atom stereocenters. The predicted molar refractivity (Wildman–Crippen MR) is 81.7 cm³/mol. The third kappa shape index (κ3) is 4.97. The van der Waals surface area contributed by atoms with Crippen molar-refractivity contribution in [2.24, 2.45) is 0 Å². The lowest BCUT2D eigenvalue weighted by Gasteiger charge is -2.12. The number of anilines is 1. The van der Waals surface area contributed by atoms with Crippen LogP contribution in [0, 0.1) is 0 Å². The minimum Gasteiger partial charge on any atom is -0.452 e. The lowest BCUT2D eigenvalue weighted by Crippen LogP contribution is -2.22. The smallest absolute Gasteiger partial charge is 0.330 e. The molecule has 1 N–H and O–H groups in total. The Kier molecular flexibility index (Phi) is 6.26. The summed E-state index contributed by atoms with van der Waals surface area (Å²) in [5.74, 6) is -1.12. The van der Waals surface area contributed by atoms with Gasteiger partial charge in [-0.2, -0.15) is 0 Å². The van der Waals surface area contributed by atoms with Crippen LogP contribution in [0.1, 0.15) is 6.92 Å². The maximum atomic E-state index is 11.9. The number of ether oxygens (including phenoxy) is 1. The highest BCUT2D eigenvalue weighted by Gasteiger charge is 2.16. The fourth-order valence-corrected chi connectivity index (χ4v) is 2.34. The number of esters is 1. The molecule has 1 rings (SSSR count). The van der Waals surface area contributed by atoms with Crippen LogP contribution in [0.3, 0.4) is 0 Å². The van der Waals surface area contributed by atoms with Crippen LogP contribution < -0.4 is 5.32 Å². The van der Waals surface area contributed by atoms with E-state index < -0.39 is 28.5 Å². The first-order valence-electron chi connectivity index (χ1n) is 6.39. The molecule has 0 bridgehead atoms. The van der Waals surface area contributed by atoms with Crippen molar-refractivity contribution in [3.05, 3.63) is 36.4 Å². The van der Waals surface area contributed by atoms with E-state index >= 15 is 0 Å². The summed E-state index contributed by atoms with van der Waals surface area (Å²) in [7, 11) is -0.637. The van der Waals surface area contributed by atoms with Gasteiger partial charge in [0, 0.05) is 25.9 Å². The third-order valence-corrected chi connectivity index (χ3v) is 4.39. The molecule has 0 unspecified atom stereocenters. The van der Waals surface area contributed by atoms with Crippen molar-refractivity contribution >= 4 is 27.6 Å². The second-order valence-electron chi connectivity index (χ2n) is 4.47. The molecule has 0 radical (unpaired) electrons. The molecule has 0 aliphatic rings. The van der Waals surface area contributed by atoms with Crippen LogP contribution >= 0.6 is 0 Å². The van der Waals surface area contributed by atoms with E-state index in [4.69, 9.17) is 0 Å². The number of carbonyl (C=O) groups is 2. The summed E-state index contributed by atoms with van der Waals surface area (Å²) in [6, 6.07) is 5.69. The van der Waals surface area contributed by atoms with Gasteiger partial charge in [-0.25, -0.2) is 17.5 Å². The molecule has 7 nitrogen and oxygen atoms in total. The van der Waals surface area contributed by atoms with E-state index in [2.05, 4.69) is 10.1 Å². The molecule has 0 saturated carbocycles. The number of nitrogens with one attached hydrogen (secondary N) is 1. The standard InChI is InChI=1S/C14H18N2O5S/c1-4-5-14(18)21-10-13(17)15-11-6-8-12(9-7-11)22(19,20)16(2)3/h4-9H,10H2,1-3H3,(H,15,17)/b5-4+. The molecular weight excluding hydrogens is 308 g/mol. The molecule has 0 aliphatic heterocycles. The third-order valence-electron chi connectivity index (χ3n) is 2.56. The van der Waals surface area contributed by atoms with Gasteiger partial charge in [0.25, 0.3) is 5.91 Å². The van der Waals surface area contributed by atoms with Gasteiger partial charge in [-0.05, 0) is 31.2 Å². The van der Waals surface area contributed by atoms with Crippen molar-refractivity contribution in [1.29, 1.82) is 0 Å². The van der Waals surface area contributed by atoms with E-state index in [0.29, 0.717) is 5.69 Å². The monoisotopic (exact) mass is 326 g/mol. The van der Waals surface area contributed by atoms with E-state index in [-0.39, 0.29) is 4.90 Å². The SMILES string of the molecule is C/C=C/C(=O)OCC(=O)Nc1ccc(S(=O)(=O)N(C)C)cc1. The maximum absolute atomic E-state index is 11.9. The molecule has 8 heteroatoms. The Balaban J connectivity index is 2.65. The Labute approximate surface area is 129 Å². The number of allylic oxidation sites excluding steroid dienone is 1. The quantitative estimate of drug-likeness (QED) is 0.622. The molecule has 0 aromatic heterocycles. The molecule has 120 valence electrons. The summed E-state index contributed by atoms with van der Waals surface area (Å²) in [5, 5.41) is 2.50. The molecular formula is C14H18N2O5S. The second kappa shape index (κ2) is 7.71. The second-order valence-corrected chi connectivity index (χ2v) is 6.62. The minimum absolute atomic E-state index is 0.120. The van der Waals surface area contributed by atoms with Gasteiger partial charge in [-0.3, -0.25) is 4.79 Å². The van der Waals surface area contributed by atoms with Crippen molar-refractivity contribution < 1.29 is 22.7 Å². The molecule has 0 spiro atoms. The zero-order valence-corrected chi connectivity index (χ0v) is 13.4. The van der Waals surface area contributed by atoms with Crippen LogP contribution in [0.25, 0.3) is 0 Å². The lowest BCUT2D eigenvalue weighted by molar-refractivity contribution is -0.142. The topological polar surface area (TPSA) is 92.8 Å². The fourth-order valence-electron chi connectivity index (χ4n) is 1.44. The van der Waals surface area contributed by atoms with E-state index in [1.54, 1.807) is 6.92 Å². The van der Waals surface area contributed by atoms with Crippen molar-refractivity contribution in [3.63, 3.8) is 0 Å². The fraction of sp³-hybridized carbons (Fsp3) is 0.286. The Morgan fingerprint density at radius 2 is 1.82 bits per heavy atom. The Bertz CT molecular complexity index is 663. The maximum Gasteiger partial charge on any atom is 0.330 e. The number of rotatable bonds is 6. The average molecular weight is 326 g/mol. The van der Waals surface area contributed by atoms with Gasteiger partial charge in [0.05, 0.1) is 4.90 Å². The van der Waals surface area contributed by atoms with Crippen LogP contribution in [0.5, 0.6) is 0 Å². The number of hydrogen-bond donors (Lipinski definition) is 1. The largest absolute Gasteiger partial charge is 0.452 e. The van der Waals surface area contributed by atoms with E-state index in [1.807, 2.05) is 0 Å². The van der Waals surface area contributed by atoms with Crippen LogP contribution in [0.15, 0.2) is 41.3 Å². The van der Waals surface area contributed by atoms with Crippen molar-refractivity contribution in [1.82, 2.24) is 4.31 Å². The first-order valence-corrected chi connectivity index (χ1v) is 7.83. The van der Waals surface area contributed by atoms with E-state index in [0.717, 1.165) is 4.31 Å². The van der Waals surface area contributed by atoms with Gasteiger partial charge in [-0.1, -0.05) is 6.08 Å². The van der Waals surface area contributed by atoms with Gasteiger partial charge >= 0.3 is 5.97 Å². The summed E-state index contributed by atoms with van der Waals surface area (Å²) in [6.45, 7) is 1.24. The number of hydrogen-bond acceptors (Lipinski definition) is 5. The van der Waals surface area contributed by atoms with E-state index in [1.165, 1.54) is 50.5 Å². The van der Waals surface area contributed by atoms with Crippen LogP contribution in [-0.4, -0.2) is 45.3 Å². The average Bonchev–Trinajstić information content (AvgIpc) is 2.46. The highest BCUT2D eigenvalue weighted by atomic mass is 32.2. The van der Waals surface area contributed by atoms with Gasteiger partial charge in [-0.15, -0.1) is 0 Å². The number of sulfonamides is 1. The first kappa shape index (κ1) is 17.9. The highest BCUT2D eigenvalue weighted by Crippen LogP contribution is 2.16. The molecule has 0 fully saturated rings. The summed E-state index contributed by atoms with van der Waals surface area (Å²) >= 11 is 0. The minimum atomic E-state index is -3.51. The van der Waals surface area contributed by atoms with Crippen molar-refractivity contribution in [2.45, 2.75) is 11.8 Å². The van der Waals surface area contributed by atoms with Crippen molar-refractivity contribution in [3.8, 4) is 0 Å². The summed E-state index contributed by atoms with van der Waals surface area (Å²) in [4.78, 5) is 22.8. The Hall–Kier alpha value is -2.19. The molecule has 22 heavy (non-hydrogen) atoms. The molecule has 1 aromatic rings. The summed E-state index contributed by atoms with van der Waals surface area (Å²) in [5.41, 5.74) is 0.407. The van der Waals surface area contributed by atoms with Crippen molar-refractivity contribution in [2.75, 3.05) is 26.0 Å². The molecule has 1 amide bonds. The summed E-state index contributed by atoms with van der Waals surface area (Å²) < 4.78 is 29.5. The molecule has 0 saturated heterocycles. The number of amides is 1. The Morgan fingerprint density at radius 3 is 2.32 bits per heavy atom. The number of benzene rings is 1. The summed E-state index contributed by atoms with van der Waals surface area (Å²) in [6.07, 6.45) is 2.71. The zero-order valence-electron chi connectivity index (χ0n) is 12.6. The zero-order chi connectivity index (χ0) is 16.8. The number of nitrogens with zero attached hydrogens (tertiary/aromatic N) is 1. The molecule has 1 aromatic carbocycles. The Morgan fingerprint density at radius 1 is 1.23 bits per heavy atom. The molecule has 0 heterocycles. The predicted octanol–water partition coefficient (Wildman–Crippen LogP) is 0.995.